The van der Waals surface area contributed by atoms with Crippen molar-refractivity contribution in [2.24, 2.45) is 16.9 Å². The summed E-state index contributed by atoms with van der Waals surface area (Å²) in [4.78, 5) is 22.1. The number of rotatable bonds is 8. The van der Waals surface area contributed by atoms with Crippen molar-refractivity contribution in [1.82, 2.24) is 5.32 Å². The second-order valence-electron chi connectivity index (χ2n) is 4.90. The molecule has 1 unspecified atom stereocenters. The summed E-state index contributed by atoms with van der Waals surface area (Å²) in [6.07, 6.45) is 0.694. The van der Waals surface area contributed by atoms with E-state index in [9.17, 15) is 9.59 Å². The summed E-state index contributed by atoms with van der Waals surface area (Å²) < 4.78 is 4.99. The molecule has 17 heavy (non-hydrogen) atoms. The van der Waals surface area contributed by atoms with Gasteiger partial charge in [0.05, 0.1) is 12.5 Å². The van der Waals surface area contributed by atoms with Crippen LogP contribution < -0.4 is 16.8 Å². The van der Waals surface area contributed by atoms with E-state index >= 15 is 0 Å². The van der Waals surface area contributed by atoms with Crippen molar-refractivity contribution in [3.05, 3.63) is 0 Å². The number of methoxy groups -OCH3 is 1. The van der Waals surface area contributed by atoms with Crippen molar-refractivity contribution in [1.29, 1.82) is 0 Å². The highest BCUT2D eigenvalue weighted by Gasteiger charge is 2.21. The first-order chi connectivity index (χ1) is 7.78. The van der Waals surface area contributed by atoms with Crippen LogP contribution in [0.4, 0.5) is 0 Å². The number of amides is 2. The van der Waals surface area contributed by atoms with Crippen LogP contribution in [0.15, 0.2) is 0 Å². The van der Waals surface area contributed by atoms with Gasteiger partial charge in [0.15, 0.2) is 0 Å². The first-order valence-corrected chi connectivity index (χ1v) is 5.59. The lowest BCUT2D eigenvalue weighted by atomic mass is 9.89. The van der Waals surface area contributed by atoms with Crippen LogP contribution in [-0.2, 0) is 14.3 Å². The molecule has 0 aliphatic rings. The Labute approximate surface area is 102 Å². The van der Waals surface area contributed by atoms with Gasteiger partial charge in [0.25, 0.3) is 0 Å². The number of nitrogens with one attached hydrogen (secondary N) is 1. The van der Waals surface area contributed by atoms with E-state index in [-0.39, 0.29) is 17.7 Å². The Kier molecular flexibility index (Phi) is 6.75. The van der Waals surface area contributed by atoms with E-state index in [0.717, 1.165) is 6.42 Å². The molecule has 0 bridgehead atoms. The third-order valence-corrected chi connectivity index (χ3v) is 2.48. The SMILES string of the molecule is COCCC(C)(C)CNC(=O)C(N)CC(N)=O. The molecule has 0 saturated carbocycles. The molecule has 0 heterocycles. The number of nitrogens with two attached hydrogens (primary N) is 2. The highest BCUT2D eigenvalue weighted by atomic mass is 16.5. The van der Waals surface area contributed by atoms with Gasteiger partial charge in [-0.25, -0.2) is 0 Å². The van der Waals surface area contributed by atoms with Crippen molar-refractivity contribution in [3.8, 4) is 0 Å². The van der Waals surface area contributed by atoms with E-state index in [2.05, 4.69) is 5.32 Å². The molecule has 5 N–H and O–H groups in total. The standard InChI is InChI=1S/C11H23N3O3/c1-11(2,4-5-17-3)7-14-10(16)8(12)6-9(13)15/h8H,4-7,12H2,1-3H3,(H2,13,15)(H,14,16). The fraction of sp³-hybridized carbons (Fsp3) is 0.818. The van der Waals surface area contributed by atoms with Crippen LogP contribution in [0.5, 0.6) is 0 Å². The topological polar surface area (TPSA) is 107 Å². The van der Waals surface area contributed by atoms with Gasteiger partial charge in [-0.2, -0.15) is 0 Å². The zero-order valence-electron chi connectivity index (χ0n) is 10.8. The molecule has 0 spiro atoms. The van der Waals surface area contributed by atoms with Gasteiger partial charge < -0.3 is 21.5 Å². The van der Waals surface area contributed by atoms with E-state index in [1.54, 1.807) is 7.11 Å². The Morgan fingerprint density at radius 3 is 2.47 bits per heavy atom. The van der Waals surface area contributed by atoms with E-state index < -0.39 is 11.9 Å². The largest absolute Gasteiger partial charge is 0.385 e. The fourth-order valence-corrected chi connectivity index (χ4v) is 1.23. The molecule has 6 heteroatoms. The third-order valence-electron chi connectivity index (χ3n) is 2.48. The van der Waals surface area contributed by atoms with Gasteiger partial charge in [-0.3, -0.25) is 9.59 Å². The maximum Gasteiger partial charge on any atom is 0.237 e. The lowest BCUT2D eigenvalue weighted by Crippen LogP contribution is -2.45. The lowest BCUT2D eigenvalue weighted by Gasteiger charge is -2.25. The molecule has 0 fully saturated rings. The second-order valence-corrected chi connectivity index (χ2v) is 4.90. The zero-order valence-corrected chi connectivity index (χ0v) is 10.8. The Morgan fingerprint density at radius 2 is 2.00 bits per heavy atom. The maximum absolute atomic E-state index is 11.5. The maximum atomic E-state index is 11.5. The summed E-state index contributed by atoms with van der Waals surface area (Å²) in [5, 5.41) is 2.71. The van der Waals surface area contributed by atoms with Gasteiger partial charge in [0, 0.05) is 20.3 Å². The van der Waals surface area contributed by atoms with Crippen molar-refractivity contribution in [2.75, 3.05) is 20.3 Å². The summed E-state index contributed by atoms with van der Waals surface area (Å²) in [6.45, 7) is 5.16. The average molecular weight is 245 g/mol. The van der Waals surface area contributed by atoms with E-state index in [0.29, 0.717) is 13.2 Å². The van der Waals surface area contributed by atoms with Gasteiger partial charge in [0.2, 0.25) is 11.8 Å². The Hall–Kier alpha value is -1.14. The molecule has 100 valence electrons. The summed E-state index contributed by atoms with van der Waals surface area (Å²) in [5.41, 5.74) is 10.4. The fourth-order valence-electron chi connectivity index (χ4n) is 1.23. The minimum atomic E-state index is -0.870. The van der Waals surface area contributed by atoms with Crippen LogP contribution in [0.25, 0.3) is 0 Å². The molecule has 0 aromatic rings. The highest BCUT2D eigenvalue weighted by molar-refractivity contribution is 5.87. The third kappa shape index (κ3) is 7.70. The first-order valence-electron chi connectivity index (χ1n) is 5.59. The molecule has 0 radical (unpaired) electrons. The minimum Gasteiger partial charge on any atom is -0.385 e. The number of carbonyl (C=O) groups is 2. The molecule has 6 nitrogen and oxygen atoms in total. The van der Waals surface area contributed by atoms with E-state index in [4.69, 9.17) is 16.2 Å². The summed E-state index contributed by atoms with van der Waals surface area (Å²) >= 11 is 0. The van der Waals surface area contributed by atoms with Gasteiger partial charge in [-0.05, 0) is 11.8 Å². The number of ether oxygens (including phenoxy) is 1. The van der Waals surface area contributed by atoms with Crippen molar-refractivity contribution in [2.45, 2.75) is 32.7 Å². The highest BCUT2D eigenvalue weighted by Crippen LogP contribution is 2.18. The number of primary amides is 1. The number of hydrogen-bond acceptors (Lipinski definition) is 4. The van der Waals surface area contributed by atoms with Crippen LogP contribution in [0.2, 0.25) is 0 Å². The predicted octanol–water partition coefficient (Wildman–Crippen LogP) is -0.632. The van der Waals surface area contributed by atoms with Gasteiger partial charge in [-0.1, -0.05) is 13.8 Å². The molecule has 0 aliphatic heterocycles. The summed E-state index contributed by atoms with van der Waals surface area (Å²) in [7, 11) is 1.64. The zero-order chi connectivity index (χ0) is 13.5. The van der Waals surface area contributed by atoms with Gasteiger partial charge in [0.1, 0.15) is 0 Å². The van der Waals surface area contributed by atoms with E-state index in [1.165, 1.54) is 0 Å². The molecule has 0 aliphatic carbocycles. The van der Waals surface area contributed by atoms with Crippen molar-refractivity contribution in [3.63, 3.8) is 0 Å². The van der Waals surface area contributed by atoms with E-state index in [1.807, 2.05) is 13.8 Å². The van der Waals surface area contributed by atoms with Crippen molar-refractivity contribution < 1.29 is 14.3 Å². The quantitative estimate of drug-likeness (QED) is 0.529. The minimum absolute atomic E-state index is 0.0713. The molecule has 0 saturated heterocycles. The molecular formula is C11H23N3O3. The van der Waals surface area contributed by atoms with Crippen LogP contribution in [-0.4, -0.2) is 38.1 Å². The van der Waals surface area contributed by atoms with Gasteiger partial charge >= 0.3 is 0 Å². The van der Waals surface area contributed by atoms with Crippen LogP contribution in [0, 0.1) is 5.41 Å². The number of hydrogen-bond donors (Lipinski definition) is 3. The normalized spacial score (nSPS) is 13.2. The second kappa shape index (κ2) is 7.24. The summed E-state index contributed by atoms with van der Waals surface area (Å²) in [6, 6.07) is -0.870. The predicted molar refractivity (Wildman–Crippen MR) is 65.1 cm³/mol. The van der Waals surface area contributed by atoms with Crippen LogP contribution >= 0.6 is 0 Å². The molecule has 1 atom stereocenters. The summed E-state index contributed by atoms with van der Waals surface area (Å²) in [5.74, 6) is -0.930. The smallest absolute Gasteiger partial charge is 0.237 e. The Balaban J connectivity index is 4.01. The lowest BCUT2D eigenvalue weighted by molar-refractivity contribution is -0.126. The monoisotopic (exact) mass is 245 g/mol. The molecular weight excluding hydrogens is 222 g/mol. The molecule has 0 aromatic heterocycles. The molecule has 2 amide bonds. The van der Waals surface area contributed by atoms with Crippen molar-refractivity contribution >= 4 is 11.8 Å². The van der Waals surface area contributed by atoms with Gasteiger partial charge in [-0.15, -0.1) is 0 Å². The average Bonchev–Trinajstić information content (AvgIpc) is 2.22. The molecule has 0 rings (SSSR count). The van der Waals surface area contributed by atoms with Crippen LogP contribution in [0.3, 0.4) is 0 Å². The Bertz CT molecular complexity index is 267. The molecule has 0 aromatic carbocycles. The first kappa shape index (κ1) is 15.9. The Morgan fingerprint density at radius 1 is 1.41 bits per heavy atom. The van der Waals surface area contributed by atoms with Crippen LogP contribution in [0.1, 0.15) is 26.7 Å². The number of carbonyl (C=O) groups excluding carboxylic acids is 2.